The molecule has 0 aliphatic rings. The Labute approximate surface area is 155 Å². The van der Waals surface area contributed by atoms with Crippen molar-refractivity contribution < 1.29 is 0 Å². The second-order valence-corrected chi connectivity index (χ2v) is 6.58. The minimum atomic E-state index is 0.567. The van der Waals surface area contributed by atoms with Crippen molar-refractivity contribution in [1.82, 2.24) is 9.66 Å². The Hall–Kier alpha value is -3.18. The summed E-state index contributed by atoms with van der Waals surface area (Å²) in [5, 5.41) is 7.98. The average Bonchev–Trinajstić information content (AvgIpc) is 3.29. The lowest BCUT2D eigenvalue weighted by molar-refractivity contribution is 0.840. The maximum atomic E-state index is 4.74. The monoisotopic (exact) mass is 358 g/mol. The largest absolute Gasteiger partial charge is 0.361 e. The van der Waals surface area contributed by atoms with Gasteiger partial charge in [-0.1, -0.05) is 54.6 Å². The van der Waals surface area contributed by atoms with Gasteiger partial charge in [0.1, 0.15) is 0 Å². The highest BCUT2D eigenvalue weighted by Gasteiger charge is 2.07. The molecule has 0 aliphatic carbocycles. The Kier molecular flexibility index (Phi) is 4.62. The first-order valence-corrected chi connectivity index (χ1v) is 9.22. The Morgan fingerprint density at radius 3 is 2.73 bits per heavy atom. The molecule has 0 radical (unpaired) electrons. The summed E-state index contributed by atoms with van der Waals surface area (Å²) in [6.45, 7) is 4.32. The number of benzene rings is 2. The van der Waals surface area contributed by atoms with Gasteiger partial charge >= 0.3 is 0 Å². The van der Waals surface area contributed by atoms with Gasteiger partial charge < -0.3 is 4.98 Å². The SMILES string of the molecule is C=CCN=c1scc(-c2ccccc2)n1N=Cc1c[nH]c2ccccc12. The molecule has 0 saturated carbocycles. The lowest BCUT2D eigenvalue weighted by atomic mass is 10.2. The number of hydrogen-bond acceptors (Lipinski definition) is 3. The first kappa shape index (κ1) is 16.3. The lowest BCUT2D eigenvalue weighted by Gasteiger charge is -2.03. The molecule has 0 amide bonds. The van der Waals surface area contributed by atoms with Crippen LogP contribution in [-0.2, 0) is 0 Å². The van der Waals surface area contributed by atoms with Crippen LogP contribution in [0.4, 0.5) is 0 Å². The first-order valence-electron chi connectivity index (χ1n) is 8.34. The van der Waals surface area contributed by atoms with E-state index in [2.05, 4.69) is 46.2 Å². The third-order valence-corrected chi connectivity index (χ3v) is 4.90. The number of nitrogens with zero attached hydrogens (tertiary/aromatic N) is 3. The molecule has 5 heteroatoms. The highest BCUT2D eigenvalue weighted by molar-refractivity contribution is 7.07. The van der Waals surface area contributed by atoms with E-state index in [1.165, 1.54) is 0 Å². The molecule has 26 heavy (non-hydrogen) atoms. The fourth-order valence-corrected chi connectivity index (χ4v) is 3.64. The van der Waals surface area contributed by atoms with Crippen molar-refractivity contribution in [1.29, 1.82) is 0 Å². The molecule has 2 heterocycles. The summed E-state index contributed by atoms with van der Waals surface area (Å²) in [6, 6.07) is 18.4. The van der Waals surface area contributed by atoms with Crippen LogP contribution >= 0.6 is 11.3 Å². The summed E-state index contributed by atoms with van der Waals surface area (Å²) in [5.41, 5.74) is 4.28. The summed E-state index contributed by atoms with van der Waals surface area (Å²) in [4.78, 5) is 8.70. The van der Waals surface area contributed by atoms with E-state index in [-0.39, 0.29) is 0 Å². The van der Waals surface area contributed by atoms with Gasteiger partial charge in [-0.2, -0.15) is 5.10 Å². The van der Waals surface area contributed by atoms with Gasteiger partial charge in [0.15, 0.2) is 0 Å². The average molecular weight is 358 g/mol. The first-order chi connectivity index (χ1) is 12.9. The molecule has 0 aliphatic heterocycles. The van der Waals surface area contributed by atoms with Crippen LogP contribution in [0, 0.1) is 0 Å². The van der Waals surface area contributed by atoms with Crippen LogP contribution in [0.2, 0.25) is 0 Å². The van der Waals surface area contributed by atoms with E-state index in [4.69, 9.17) is 5.10 Å². The zero-order valence-corrected chi connectivity index (χ0v) is 15.0. The Morgan fingerprint density at radius 2 is 1.88 bits per heavy atom. The summed E-state index contributed by atoms with van der Waals surface area (Å²) in [7, 11) is 0. The van der Waals surface area contributed by atoms with Crippen molar-refractivity contribution in [2.45, 2.75) is 0 Å². The van der Waals surface area contributed by atoms with Crippen LogP contribution < -0.4 is 4.80 Å². The zero-order valence-electron chi connectivity index (χ0n) is 14.2. The highest BCUT2D eigenvalue weighted by atomic mass is 32.1. The maximum absolute atomic E-state index is 4.74. The van der Waals surface area contributed by atoms with Gasteiger partial charge in [-0.25, -0.2) is 4.68 Å². The second-order valence-electron chi connectivity index (χ2n) is 5.74. The Morgan fingerprint density at radius 1 is 1.08 bits per heavy atom. The van der Waals surface area contributed by atoms with Crippen LogP contribution in [0.1, 0.15) is 5.56 Å². The van der Waals surface area contributed by atoms with Crippen molar-refractivity contribution in [3.8, 4) is 11.3 Å². The van der Waals surface area contributed by atoms with E-state index in [9.17, 15) is 0 Å². The van der Waals surface area contributed by atoms with E-state index in [1.807, 2.05) is 47.4 Å². The van der Waals surface area contributed by atoms with E-state index in [1.54, 1.807) is 17.4 Å². The molecule has 2 aromatic carbocycles. The van der Waals surface area contributed by atoms with Crippen molar-refractivity contribution >= 4 is 28.5 Å². The minimum Gasteiger partial charge on any atom is -0.361 e. The number of aromatic nitrogens is 2. The Balaban J connectivity index is 1.81. The van der Waals surface area contributed by atoms with E-state index in [0.29, 0.717) is 6.54 Å². The van der Waals surface area contributed by atoms with Crippen LogP contribution in [0.3, 0.4) is 0 Å². The van der Waals surface area contributed by atoms with Gasteiger partial charge in [-0.05, 0) is 6.07 Å². The third-order valence-electron chi connectivity index (χ3n) is 4.04. The minimum absolute atomic E-state index is 0.567. The quantitative estimate of drug-likeness (QED) is 0.398. The molecule has 0 fully saturated rings. The van der Waals surface area contributed by atoms with Gasteiger partial charge in [0, 0.05) is 33.6 Å². The predicted octanol–water partition coefficient (Wildman–Crippen LogP) is 4.67. The predicted molar refractivity (Wildman–Crippen MR) is 110 cm³/mol. The van der Waals surface area contributed by atoms with Gasteiger partial charge in [0.05, 0.1) is 18.5 Å². The summed E-state index contributed by atoms with van der Waals surface area (Å²) in [6.07, 6.45) is 5.64. The third kappa shape index (κ3) is 3.17. The van der Waals surface area contributed by atoms with Gasteiger partial charge in [-0.15, -0.1) is 17.9 Å². The number of fused-ring (bicyclic) bond motifs is 1. The highest BCUT2D eigenvalue weighted by Crippen LogP contribution is 2.20. The molecule has 128 valence electrons. The molecule has 0 atom stereocenters. The molecule has 0 saturated heterocycles. The van der Waals surface area contributed by atoms with Crippen LogP contribution in [0.5, 0.6) is 0 Å². The standard InChI is InChI=1S/C21H18N4S/c1-2-12-22-21-25(20(15-26-21)16-8-4-3-5-9-16)24-14-17-13-23-19-11-7-6-10-18(17)19/h2-11,13-15,23H,1,12H2. The van der Waals surface area contributed by atoms with Gasteiger partial charge in [0.25, 0.3) is 0 Å². The molecule has 4 aromatic rings. The smallest absolute Gasteiger partial charge is 0.206 e. The molecule has 0 bridgehead atoms. The van der Waals surface area contributed by atoms with E-state index in [0.717, 1.165) is 32.5 Å². The lowest BCUT2D eigenvalue weighted by Crippen LogP contribution is -2.12. The fourth-order valence-electron chi connectivity index (χ4n) is 2.79. The van der Waals surface area contributed by atoms with Crippen molar-refractivity contribution in [2.75, 3.05) is 6.54 Å². The topological polar surface area (TPSA) is 45.4 Å². The summed E-state index contributed by atoms with van der Waals surface area (Å²) >= 11 is 1.58. The Bertz CT molecular complexity index is 1130. The number of para-hydroxylation sites is 1. The van der Waals surface area contributed by atoms with E-state index < -0.39 is 0 Å². The second kappa shape index (κ2) is 7.37. The number of rotatable bonds is 5. The summed E-state index contributed by atoms with van der Waals surface area (Å²) in [5.74, 6) is 0. The number of nitrogens with one attached hydrogen (secondary N) is 1. The van der Waals surface area contributed by atoms with Crippen LogP contribution in [0.25, 0.3) is 22.2 Å². The number of aromatic amines is 1. The van der Waals surface area contributed by atoms with E-state index >= 15 is 0 Å². The van der Waals surface area contributed by atoms with Gasteiger partial charge in [0.2, 0.25) is 4.80 Å². The van der Waals surface area contributed by atoms with Crippen molar-refractivity contribution in [3.05, 3.63) is 89.2 Å². The van der Waals surface area contributed by atoms with Crippen LogP contribution in [0.15, 0.2) is 88.9 Å². The normalized spacial score (nSPS) is 12.2. The molecule has 4 nitrogen and oxygen atoms in total. The fraction of sp³-hybridized carbons (Fsp3) is 0.0476. The molecule has 0 spiro atoms. The molecular weight excluding hydrogens is 340 g/mol. The molecular formula is C21H18N4S. The maximum Gasteiger partial charge on any atom is 0.206 e. The summed E-state index contributed by atoms with van der Waals surface area (Å²) < 4.78 is 1.89. The molecule has 0 unspecified atom stereocenters. The number of thiazole rings is 1. The van der Waals surface area contributed by atoms with Crippen molar-refractivity contribution in [2.24, 2.45) is 10.1 Å². The van der Waals surface area contributed by atoms with Crippen molar-refractivity contribution in [3.63, 3.8) is 0 Å². The molecule has 2 aromatic heterocycles. The number of hydrogen-bond donors (Lipinski definition) is 1. The zero-order chi connectivity index (χ0) is 17.8. The molecule has 4 rings (SSSR count). The molecule has 1 N–H and O–H groups in total. The number of H-pyrrole nitrogens is 1. The van der Waals surface area contributed by atoms with Crippen LogP contribution in [-0.4, -0.2) is 22.4 Å². The van der Waals surface area contributed by atoms with Gasteiger partial charge in [-0.3, -0.25) is 4.99 Å².